The van der Waals surface area contributed by atoms with Crippen LogP contribution in [0.25, 0.3) is 0 Å². The Morgan fingerprint density at radius 3 is 2.80 bits per heavy atom. The van der Waals surface area contributed by atoms with Gasteiger partial charge in [-0.25, -0.2) is 4.98 Å². The van der Waals surface area contributed by atoms with Crippen molar-refractivity contribution in [3.63, 3.8) is 0 Å². The summed E-state index contributed by atoms with van der Waals surface area (Å²) in [4.78, 5) is 10.1. The molecule has 5 nitrogen and oxygen atoms in total. The van der Waals surface area contributed by atoms with E-state index in [9.17, 15) is 13.2 Å². The molecule has 30 heavy (non-hydrogen) atoms. The Kier molecular flexibility index (Phi) is 9.04. The second-order valence-electron chi connectivity index (χ2n) is 6.96. The number of nitrogens with zero attached hydrogens (tertiary/aromatic N) is 3. The number of aromatic nitrogens is 1. The summed E-state index contributed by atoms with van der Waals surface area (Å²) in [6.07, 6.45) is -3.37. The van der Waals surface area contributed by atoms with Crippen LogP contribution in [-0.2, 0) is 12.7 Å². The van der Waals surface area contributed by atoms with Crippen molar-refractivity contribution < 1.29 is 13.2 Å². The highest BCUT2D eigenvalue weighted by atomic mass is 127. The SMILES string of the molecule is CN=C(NCc1nc(C(F)(F)F)cs1)NCC1CCN(c2cc(Cl)ccc2C)C1.I. The number of benzene rings is 1. The van der Waals surface area contributed by atoms with Gasteiger partial charge in [-0.05, 0) is 37.0 Å². The zero-order valence-corrected chi connectivity index (χ0v) is 20.5. The Labute approximate surface area is 200 Å². The van der Waals surface area contributed by atoms with Crippen molar-refractivity contribution in [1.82, 2.24) is 15.6 Å². The number of alkyl halides is 3. The van der Waals surface area contributed by atoms with Gasteiger partial charge in [0.1, 0.15) is 5.01 Å². The molecule has 1 fully saturated rings. The van der Waals surface area contributed by atoms with E-state index in [1.165, 1.54) is 5.56 Å². The standard InChI is InChI=1S/C19H23ClF3N5S.HI/c1-12-3-4-14(20)7-15(12)28-6-5-13(10-28)8-25-18(24-2)26-9-17-27-16(11-29-17)19(21,22)23;/h3-4,7,11,13H,5-6,8-10H2,1-2H3,(H2,24,25,26);1H. The molecule has 0 amide bonds. The lowest BCUT2D eigenvalue weighted by Crippen LogP contribution is -2.40. The van der Waals surface area contributed by atoms with Gasteiger partial charge >= 0.3 is 6.18 Å². The summed E-state index contributed by atoms with van der Waals surface area (Å²) >= 11 is 7.11. The molecular formula is C19H24ClF3IN5S. The molecule has 0 saturated carbocycles. The minimum absolute atomic E-state index is 0. The first-order valence-corrected chi connectivity index (χ1v) is 10.5. The minimum Gasteiger partial charge on any atom is -0.371 e. The lowest BCUT2D eigenvalue weighted by Gasteiger charge is -2.21. The highest BCUT2D eigenvalue weighted by Crippen LogP contribution is 2.30. The van der Waals surface area contributed by atoms with E-state index in [1.807, 2.05) is 18.2 Å². The third-order valence-corrected chi connectivity index (χ3v) is 5.91. The maximum atomic E-state index is 12.6. The first kappa shape index (κ1) is 25.0. The number of aryl methyl sites for hydroxylation is 1. The van der Waals surface area contributed by atoms with E-state index in [0.717, 1.165) is 53.5 Å². The van der Waals surface area contributed by atoms with Crippen molar-refractivity contribution in [3.8, 4) is 0 Å². The minimum atomic E-state index is -4.41. The van der Waals surface area contributed by atoms with Crippen LogP contribution in [0.4, 0.5) is 18.9 Å². The highest BCUT2D eigenvalue weighted by molar-refractivity contribution is 14.0. The molecule has 1 unspecified atom stereocenters. The first-order chi connectivity index (χ1) is 13.8. The van der Waals surface area contributed by atoms with Gasteiger partial charge in [-0.15, -0.1) is 35.3 Å². The summed E-state index contributed by atoms with van der Waals surface area (Å²) in [6, 6.07) is 5.92. The number of halogens is 5. The fraction of sp³-hybridized carbons (Fsp3) is 0.474. The average molecular weight is 574 g/mol. The lowest BCUT2D eigenvalue weighted by molar-refractivity contribution is -0.140. The topological polar surface area (TPSA) is 52.6 Å². The number of nitrogens with one attached hydrogen (secondary N) is 2. The molecule has 1 aliphatic heterocycles. The van der Waals surface area contributed by atoms with Crippen LogP contribution < -0.4 is 15.5 Å². The molecule has 1 saturated heterocycles. The van der Waals surface area contributed by atoms with Gasteiger partial charge in [-0.3, -0.25) is 4.99 Å². The summed E-state index contributed by atoms with van der Waals surface area (Å²) in [5, 5.41) is 8.40. The van der Waals surface area contributed by atoms with Crippen molar-refractivity contribution in [2.75, 3.05) is 31.6 Å². The summed E-state index contributed by atoms with van der Waals surface area (Å²) in [5.41, 5.74) is 1.50. The molecule has 0 bridgehead atoms. The van der Waals surface area contributed by atoms with Crippen molar-refractivity contribution >= 4 is 58.6 Å². The summed E-state index contributed by atoms with van der Waals surface area (Å²) in [6.45, 7) is 4.86. The maximum absolute atomic E-state index is 12.6. The summed E-state index contributed by atoms with van der Waals surface area (Å²) in [5.74, 6) is 0.981. The number of hydrogen-bond donors (Lipinski definition) is 2. The van der Waals surface area contributed by atoms with E-state index in [2.05, 4.69) is 32.4 Å². The van der Waals surface area contributed by atoms with Crippen LogP contribution in [-0.4, -0.2) is 37.6 Å². The number of anilines is 1. The van der Waals surface area contributed by atoms with Gasteiger partial charge in [0.15, 0.2) is 11.7 Å². The zero-order valence-electron chi connectivity index (χ0n) is 16.6. The molecule has 0 radical (unpaired) electrons. The fourth-order valence-electron chi connectivity index (χ4n) is 3.28. The Hall–Kier alpha value is -1.27. The van der Waals surface area contributed by atoms with Gasteiger partial charge in [0.05, 0.1) is 6.54 Å². The Bertz CT molecular complexity index is 874. The van der Waals surface area contributed by atoms with E-state index >= 15 is 0 Å². The number of guanidine groups is 1. The molecule has 166 valence electrons. The summed E-state index contributed by atoms with van der Waals surface area (Å²) < 4.78 is 37.9. The van der Waals surface area contributed by atoms with Gasteiger partial charge in [-0.1, -0.05) is 17.7 Å². The number of hydrogen-bond acceptors (Lipinski definition) is 4. The summed E-state index contributed by atoms with van der Waals surface area (Å²) in [7, 11) is 1.63. The maximum Gasteiger partial charge on any atom is 0.434 e. The number of thiazole rings is 1. The van der Waals surface area contributed by atoms with Crippen LogP contribution >= 0.6 is 46.9 Å². The molecule has 1 aromatic carbocycles. The molecule has 2 aromatic rings. The van der Waals surface area contributed by atoms with Crippen molar-refractivity contribution in [3.05, 3.63) is 44.9 Å². The van der Waals surface area contributed by atoms with Crippen LogP contribution in [0.15, 0.2) is 28.6 Å². The van der Waals surface area contributed by atoms with Crippen LogP contribution in [0.3, 0.4) is 0 Å². The van der Waals surface area contributed by atoms with E-state index in [0.29, 0.717) is 16.9 Å². The third kappa shape index (κ3) is 6.61. The van der Waals surface area contributed by atoms with Crippen molar-refractivity contribution in [2.24, 2.45) is 10.9 Å². The molecule has 11 heteroatoms. The lowest BCUT2D eigenvalue weighted by atomic mass is 10.1. The van der Waals surface area contributed by atoms with Crippen LogP contribution in [0.5, 0.6) is 0 Å². The molecule has 0 aliphatic carbocycles. The molecule has 2 heterocycles. The second-order valence-corrected chi connectivity index (χ2v) is 8.34. The van der Waals surface area contributed by atoms with Crippen LogP contribution in [0.1, 0.15) is 22.7 Å². The predicted molar refractivity (Wildman–Crippen MR) is 127 cm³/mol. The Morgan fingerprint density at radius 2 is 2.13 bits per heavy atom. The molecule has 3 rings (SSSR count). The molecule has 1 aliphatic rings. The molecule has 1 aromatic heterocycles. The van der Waals surface area contributed by atoms with Gasteiger partial charge in [-0.2, -0.15) is 13.2 Å². The predicted octanol–water partition coefficient (Wildman–Crippen LogP) is 4.93. The van der Waals surface area contributed by atoms with E-state index < -0.39 is 11.9 Å². The number of rotatable bonds is 5. The smallest absolute Gasteiger partial charge is 0.371 e. The second kappa shape index (κ2) is 10.9. The zero-order chi connectivity index (χ0) is 21.0. The normalized spacial score (nSPS) is 17.1. The van der Waals surface area contributed by atoms with Crippen molar-refractivity contribution in [1.29, 1.82) is 0 Å². The molecule has 2 N–H and O–H groups in total. The quantitative estimate of drug-likeness (QED) is 0.303. The van der Waals surface area contributed by atoms with Gasteiger partial charge < -0.3 is 15.5 Å². The van der Waals surface area contributed by atoms with Crippen LogP contribution in [0.2, 0.25) is 5.02 Å². The molecule has 0 spiro atoms. The Morgan fingerprint density at radius 1 is 1.37 bits per heavy atom. The molecular weight excluding hydrogens is 550 g/mol. The van der Waals surface area contributed by atoms with Crippen molar-refractivity contribution in [2.45, 2.75) is 26.1 Å². The highest BCUT2D eigenvalue weighted by Gasteiger charge is 2.33. The first-order valence-electron chi connectivity index (χ1n) is 9.23. The van der Waals surface area contributed by atoms with Crippen LogP contribution in [0, 0.1) is 12.8 Å². The average Bonchev–Trinajstić information content (AvgIpc) is 3.33. The molecule has 1 atom stereocenters. The Balaban J connectivity index is 0.00000320. The van der Waals surface area contributed by atoms with Gasteiger partial charge in [0.25, 0.3) is 0 Å². The monoisotopic (exact) mass is 573 g/mol. The van der Waals surface area contributed by atoms with Gasteiger partial charge in [0.2, 0.25) is 0 Å². The van der Waals surface area contributed by atoms with Gasteiger partial charge in [0, 0.05) is 42.8 Å². The number of aliphatic imine (C=N–C) groups is 1. The fourth-order valence-corrected chi connectivity index (χ4v) is 4.19. The van der Waals surface area contributed by atoms with E-state index in [4.69, 9.17) is 11.6 Å². The van der Waals surface area contributed by atoms with E-state index in [-0.39, 0.29) is 30.5 Å². The third-order valence-electron chi connectivity index (χ3n) is 4.83. The largest absolute Gasteiger partial charge is 0.434 e. The van der Waals surface area contributed by atoms with E-state index in [1.54, 1.807) is 7.05 Å².